The molecule has 3 aromatic heterocycles. The first-order valence-corrected chi connectivity index (χ1v) is 10.1. The number of fused-ring (bicyclic) bond motifs is 2. The summed E-state index contributed by atoms with van der Waals surface area (Å²) in [6.07, 6.45) is 4.06. The maximum Gasteiger partial charge on any atom is 0.253 e. The van der Waals surface area contributed by atoms with Crippen LogP contribution in [0.25, 0.3) is 11.0 Å². The third-order valence-corrected chi connectivity index (χ3v) is 6.42. The first-order valence-electron chi connectivity index (χ1n) is 9.17. The fourth-order valence-electron chi connectivity index (χ4n) is 3.95. The van der Waals surface area contributed by atoms with Crippen molar-refractivity contribution in [1.29, 1.82) is 0 Å². The average Bonchev–Trinajstić information content (AvgIpc) is 3.33. The molecule has 1 amide bonds. The van der Waals surface area contributed by atoms with Gasteiger partial charge in [-0.15, -0.1) is 11.3 Å². The molecule has 0 aromatic carbocycles. The molecule has 0 N–H and O–H groups in total. The van der Waals surface area contributed by atoms with E-state index in [0.717, 1.165) is 36.4 Å². The minimum Gasteiger partial charge on any atom is -0.365 e. The Kier molecular flexibility index (Phi) is 4.09. The summed E-state index contributed by atoms with van der Waals surface area (Å²) in [6, 6.07) is 4.15. The van der Waals surface area contributed by atoms with Crippen LogP contribution in [0.1, 0.15) is 10.4 Å². The topological polar surface area (TPSA) is 63.5 Å². The standard InChI is InChI=1S/C19H21N5O2S/c1-22-5-2-14-17(22)20-12-21-18(14)23-7-8-26-15(11-23)19(25)24-6-3-16-13(10-24)4-9-27-16/h2,4-5,9,12,15H,3,6-8,10-11H2,1H3. The predicted octanol–water partition coefficient (Wildman–Crippen LogP) is 1.82. The van der Waals surface area contributed by atoms with Crippen molar-refractivity contribution in [1.82, 2.24) is 19.4 Å². The highest BCUT2D eigenvalue weighted by Crippen LogP contribution is 2.27. The molecule has 0 spiro atoms. The lowest BCUT2D eigenvalue weighted by atomic mass is 10.1. The van der Waals surface area contributed by atoms with Crippen LogP contribution in [0, 0.1) is 0 Å². The lowest BCUT2D eigenvalue weighted by Gasteiger charge is -2.36. The van der Waals surface area contributed by atoms with Crippen molar-refractivity contribution in [3.8, 4) is 0 Å². The molecule has 5 rings (SSSR count). The zero-order valence-electron chi connectivity index (χ0n) is 15.2. The molecular weight excluding hydrogens is 362 g/mol. The number of aromatic nitrogens is 3. The molecule has 140 valence electrons. The van der Waals surface area contributed by atoms with Crippen molar-refractivity contribution in [2.45, 2.75) is 19.1 Å². The number of ether oxygens (including phenoxy) is 1. The molecule has 27 heavy (non-hydrogen) atoms. The normalized spacial score (nSPS) is 20.1. The summed E-state index contributed by atoms with van der Waals surface area (Å²) >= 11 is 1.78. The lowest BCUT2D eigenvalue weighted by Crippen LogP contribution is -2.52. The number of morpholine rings is 1. The van der Waals surface area contributed by atoms with E-state index in [-0.39, 0.29) is 5.91 Å². The van der Waals surface area contributed by atoms with E-state index in [0.29, 0.717) is 19.7 Å². The number of amides is 1. The second-order valence-corrected chi connectivity index (χ2v) is 8.05. The van der Waals surface area contributed by atoms with E-state index in [9.17, 15) is 4.79 Å². The van der Waals surface area contributed by atoms with Crippen LogP contribution in [0.3, 0.4) is 0 Å². The van der Waals surface area contributed by atoms with Gasteiger partial charge in [-0.25, -0.2) is 9.97 Å². The second-order valence-electron chi connectivity index (χ2n) is 7.05. The summed E-state index contributed by atoms with van der Waals surface area (Å²) in [4.78, 5) is 27.4. The van der Waals surface area contributed by atoms with Gasteiger partial charge in [0.2, 0.25) is 0 Å². The molecule has 0 bridgehead atoms. The van der Waals surface area contributed by atoms with Gasteiger partial charge < -0.3 is 19.1 Å². The third-order valence-electron chi connectivity index (χ3n) is 5.40. The molecular formula is C19H21N5O2S. The minimum atomic E-state index is -0.451. The Morgan fingerprint density at radius 2 is 2.22 bits per heavy atom. The number of carbonyl (C=O) groups is 1. The van der Waals surface area contributed by atoms with Gasteiger partial charge >= 0.3 is 0 Å². The molecule has 2 aliphatic heterocycles. The maximum absolute atomic E-state index is 13.1. The van der Waals surface area contributed by atoms with Crippen molar-refractivity contribution >= 4 is 34.1 Å². The molecule has 0 radical (unpaired) electrons. The van der Waals surface area contributed by atoms with Crippen molar-refractivity contribution in [3.63, 3.8) is 0 Å². The van der Waals surface area contributed by atoms with Crippen LogP contribution in [0.4, 0.5) is 5.82 Å². The molecule has 2 aliphatic rings. The van der Waals surface area contributed by atoms with Crippen molar-refractivity contribution in [2.75, 3.05) is 31.1 Å². The van der Waals surface area contributed by atoms with Crippen LogP contribution in [-0.4, -0.2) is 57.7 Å². The fraction of sp³-hybridized carbons (Fsp3) is 0.421. The minimum absolute atomic E-state index is 0.0786. The van der Waals surface area contributed by atoms with Crippen molar-refractivity contribution in [3.05, 3.63) is 40.5 Å². The highest BCUT2D eigenvalue weighted by molar-refractivity contribution is 7.10. The maximum atomic E-state index is 13.1. The Labute approximate surface area is 161 Å². The smallest absolute Gasteiger partial charge is 0.253 e. The fourth-order valence-corrected chi connectivity index (χ4v) is 4.84. The molecule has 7 nitrogen and oxygen atoms in total. The predicted molar refractivity (Wildman–Crippen MR) is 104 cm³/mol. The molecule has 5 heterocycles. The highest BCUT2D eigenvalue weighted by Gasteiger charge is 2.33. The number of thiophene rings is 1. The molecule has 1 atom stereocenters. The number of anilines is 1. The Morgan fingerprint density at radius 3 is 3.15 bits per heavy atom. The monoisotopic (exact) mass is 383 g/mol. The van der Waals surface area contributed by atoms with Crippen LogP contribution in [0.5, 0.6) is 0 Å². The van der Waals surface area contributed by atoms with Gasteiger partial charge in [0.05, 0.1) is 18.5 Å². The molecule has 1 fully saturated rings. The molecule has 0 saturated carbocycles. The van der Waals surface area contributed by atoms with E-state index in [1.165, 1.54) is 10.4 Å². The van der Waals surface area contributed by atoms with E-state index in [1.54, 1.807) is 17.7 Å². The van der Waals surface area contributed by atoms with Gasteiger partial charge in [0, 0.05) is 37.8 Å². The summed E-state index contributed by atoms with van der Waals surface area (Å²) < 4.78 is 7.83. The first kappa shape index (κ1) is 16.7. The van der Waals surface area contributed by atoms with E-state index < -0.39 is 6.10 Å². The summed E-state index contributed by atoms with van der Waals surface area (Å²) in [7, 11) is 1.97. The summed E-state index contributed by atoms with van der Waals surface area (Å²) in [5, 5.41) is 3.12. The summed E-state index contributed by atoms with van der Waals surface area (Å²) in [5.41, 5.74) is 2.17. The van der Waals surface area contributed by atoms with E-state index >= 15 is 0 Å². The highest BCUT2D eigenvalue weighted by atomic mass is 32.1. The van der Waals surface area contributed by atoms with Crippen LogP contribution >= 0.6 is 11.3 Å². The van der Waals surface area contributed by atoms with E-state index in [4.69, 9.17) is 4.74 Å². The number of hydrogen-bond acceptors (Lipinski definition) is 6. The Balaban J connectivity index is 1.35. The molecule has 1 saturated heterocycles. The first-order chi connectivity index (χ1) is 13.2. The number of nitrogens with zero attached hydrogens (tertiary/aromatic N) is 5. The number of rotatable bonds is 2. The lowest BCUT2D eigenvalue weighted by molar-refractivity contribution is -0.145. The largest absolute Gasteiger partial charge is 0.365 e. The SMILES string of the molecule is Cn1ccc2c(N3CCOC(C(=O)N4CCc5sccc5C4)C3)ncnc21. The summed E-state index contributed by atoms with van der Waals surface area (Å²) in [6.45, 7) is 3.22. The Bertz CT molecular complexity index is 997. The zero-order chi connectivity index (χ0) is 18.4. The number of aryl methyl sites for hydroxylation is 1. The van der Waals surface area contributed by atoms with Gasteiger partial charge in [-0.2, -0.15) is 0 Å². The average molecular weight is 383 g/mol. The number of hydrogen-bond donors (Lipinski definition) is 0. The molecule has 3 aromatic rings. The van der Waals surface area contributed by atoms with Crippen LogP contribution in [0.15, 0.2) is 30.0 Å². The quantitative estimate of drug-likeness (QED) is 0.676. The van der Waals surface area contributed by atoms with Gasteiger partial charge in [0.15, 0.2) is 6.10 Å². The third kappa shape index (κ3) is 2.89. The Morgan fingerprint density at radius 1 is 1.30 bits per heavy atom. The van der Waals surface area contributed by atoms with Crippen LogP contribution in [0.2, 0.25) is 0 Å². The van der Waals surface area contributed by atoms with Gasteiger partial charge in [-0.1, -0.05) is 0 Å². The van der Waals surface area contributed by atoms with E-state index in [1.807, 2.05) is 28.8 Å². The van der Waals surface area contributed by atoms with Crippen LogP contribution < -0.4 is 4.90 Å². The number of carbonyl (C=O) groups excluding carboxylic acids is 1. The van der Waals surface area contributed by atoms with Crippen molar-refractivity contribution in [2.24, 2.45) is 7.05 Å². The van der Waals surface area contributed by atoms with Gasteiger partial charge in [-0.3, -0.25) is 4.79 Å². The molecule has 0 aliphatic carbocycles. The van der Waals surface area contributed by atoms with Gasteiger partial charge in [-0.05, 0) is 29.5 Å². The zero-order valence-corrected chi connectivity index (χ0v) is 16.0. The second kappa shape index (κ2) is 6.61. The van der Waals surface area contributed by atoms with Crippen LogP contribution in [-0.2, 0) is 29.5 Å². The van der Waals surface area contributed by atoms with Crippen molar-refractivity contribution < 1.29 is 9.53 Å². The van der Waals surface area contributed by atoms with Gasteiger partial charge in [0.1, 0.15) is 17.8 Å². The van der Waals surface area contributed by atoms with E-state index in [2.05, 4.69) is 26.3 Å². The molecule has 1 unspecified atom stereocenters. The van der Waals surface area contributed by atoms with Gasteiger partial charge in [0.25, 0.3) is 5.91 Å². The Hall–Kier alpha value is -2.45. The summed E-state index contributed by atoms with van der Waals surface area (Å²) in [5.74, 6) is 0.954. The molecule has 8 heteroatoms.